The van der Waals surface area contributed by atoms with Crippen molar-refractivity contribution in [3.05, 3.63) is 41.4 Å². The van der Waals surface area contributed by atoms with E-state index in [0.717, 1.165) is 17.7 Å². The van der Waals surface area contributed by atoms with Crippen molar-refractivity contribution in [2.75, 3.05) is 6.54 Å². The molecule has 1 spiro atoms. The van der Waals surface area contributed by atoms with Gasteiger partial charge in [0.25, 0.3) is 0 Å². The summed E-state index contributed by atoms with van der Waals surface area (Å²) >= 11 is 0. The third-order valence-corrected chi connectivity index (χ3v) is 6.61. The Hall–Kier alpha value is -2.17. The number of nitrogens with zero attached hydrogens (tertiary/aromatic N) is 2. The summed E-state index contributed by atoms with van der Waals surface area (Å²) < 4.78 is 19.6. The summed E-state index contributed by atoms with van der Waals surface area (Å²) in [4.78, 5) is 15.0. The molecule has 1 aromatic carbocycles. The van der Waals surface area contributed by atoms with Gasteiger partial charge in [-0.3, -0.25) is 4.79 Å². The number of fused-ring (bicyclic) bond motifs is 1. The second kappa shape index (κ2) is 5.93. The lowest BCUT2D eigenvalue weighted by Gasteiger charge is -2.29. The van der Waals surface area contributed by atoms with Gasteiger partial charge in [-0.1, -0.05) is 36.6 Å². The molecule has 2 aliphatic carbocycles. The third-order valence-electron chi connectivity index (χ3n) is 6.61. The molecule has 2 heterocycles. The van der Waals surface area contributed by atoms with Gasteiger partial charge in [-0.05, 0) is 36.8 Å². The van der Waals surface area contributed by atoms with E-state index < -0.39 is 0 Å². The maximum absolute atomic E-state index is 14.2. The highest BCUT2D eigenvalue weighted by molar-refractivity contribution is 5.83. The standard InChI is InChI=1S/C21H23FN2O2/c22-17-7-3-2-6-14(17)19-15-13-24(11-8-18(15)26-23-19)20(25)16-12-21(16)9-4-1-5-10-21/h2-3,6-7,16H,1,4-5,8-13H2/t16-/m0/s1. The van der Waals surface area contributed by atoms with Crippen molar-refractivity contribution in [1.29, 1.82) is 0 Å². The highest BCUT2D eigenvalue weighted by atomic mass is 19.1. The molecule has 2 aromatic rings. The van der Waals surface area contributed by atoms with Gasteiger partial charge in [0.2, 0.25) is 5.91 Å². The third kappa shape index (κ3) is 2.48. The molecule has 4 nitrogen and oxygen atoms in total. The first kappa shape index (κ1) is 16.0. The molecule has 0 N–H and O–H groups in total. The Morgan fingerprint density at radius 1 is 1.23 bits per heavy atom. The molecular formula is C21H23FN2O2. The Morgan fingerprint density at radius 2 is 2.04 bits per heavy atom. The molecule has 0 saturated heterocycles. The Labute approximate surface area is 152 Å². The number of halogens is 1. The van der Waals surface area contributed by atoms with Gasteiger partial charge in [-0.15, -0.1) is 0 Å². The fourth-order valence-electron chi connectivity index (χ4n) is 4.99. The van der Waals surface area contributed by atoms with Crippen molar-refractivity contribution >= 4 is 5.91 Å². The van der Waals surface area contributed by atoms with Crippen LogP contribution in [0.25, 0.3) is 11.3 Å². The molecule has 2 saturated carbocycles. The van der Waals surface area contributed by atoms with E-state index in [9.17, 15) is 9.18 Å². The fraction of sp³-hybridized carbons (Fsp3) is 0.524. The van der Waals surface area contributed by atoms with E-state index in [1.165, 1.54) is 38.2 Å². The van der Waals surface area contributed by atoms with Crippen molar-refractivity contribution in [3.63, 3.8) is 0 Å². The summed E-state index contributed by atoms with van der Waals surface area (Å²) in [6.45, 7) is 1.15. The van der Waals surface area contributed by atoms with Crippen LogP contribution < -0.4 is 0 Å². The first-order chi connectivity index (χ1) is 12.7. The Kier molecular flexibility index (Phi) is 3.66. The smallest absolute Gasteiger partial charge is 0.226 e. The van der Waals surface area contributed by atoms with Crippen LogP contribution >= 0.6 is 0 Å². The van der Waals surface area contributed by atoms with Gasteiger partial charge in [0, 0.05) is 30.0 Å². The Bertz CT molecular complexity index is 853. The summed E-state index contributed by atoms with van der Waals surface area (Å²) in [6.07, 6.45) is 7.95. The quantitative estimate of drug-likeness (QED) is 0.806. The molecule has 5 rings (SSSR count). The molecule has 26 heavy (non-hydrogen) atoms. The van der Waals surface area contributed by atoms with Crippen LogP contribution in [0.1, 0.15) is 49.8 Å². The van der Waals surface area contributed by atoms with Crippen molar-refractivity contribution in [2.24, 2.45) is 11.3 Å². The van der Waals surface area contributed by atoms with Crippen LogP contribution in [0, 0.1) is 17.2 Å². The van der Waals surface area contributed by atoms with Gasteiger partial charge in [0.15, 0.2) is 0 Å². The van der Waals surface area contributed by atoms with Gasteiger partial charge in [-0.2, -0.15) is 0 Å². The molecular weight excluding hydrogens is 331 g/mol. The van der Waals surface area contributed by atoms with E-state index in [2.05, 4.69) is 5.16 Å². The number of hydrogen-bond acceptors (Lipinski definition) is 3. The molecule has 3 aliphatic rings. The van der Waals surface area contributed by atoms with Crippen LogP contribution in [0.2, 0.25) is 0 Å². The van der Waals surface area contributed by atoms with E-state index in [1.807, 2.05) is 4.90 Å². The molecule has 1 aliphatic heterocycles. The average molecular weight is 354 g/mol. The first-order valence-electron chi connectivity index (χ1n) is 9.69. The summed E-state index contributed by atoms with van der Waals surface area (Å²) in [7, 11) is 0. The predicted molar refractivity (Wildman–Crippen MR) is 94.6 cm³/mol. The molecule has 0 bridgehead atoms. The zero-order chi connectivity index (χ0) is 17.7. The Balaban J connectivity index is 1.38. The number of benzene rings is 1. The van der Waals surface area contributed by atoms with Crippen LogP contribution in [0.5, 0.6) is 0 Å². The molecule has 1 amide bonds. The van der Waals surface area contributed by atoms with E-state index in [-0.39, 0.29) is 17.6 Å². The molecule has 1 aromatic heterocycles. The second-order valence-corrected chi connectivity index (χ2v) is 8.10. The number of carbonyl (C=O) groups is 1. The minimum atomic E-state index is -0.310. The lowest BCUT2D eigenvalue weighted by molar-refractivity contribution is -0.134. The van der Waals surface area contributed by atoms with Crippen LogP contribution in [0.4, 0.5) is 4.39 Å². The van der Waals surface area contributed by atoms with Gasteiger partial charge in [-0.25, -0.2) is 4.39 Å². The summed E-state index contributed by atoms with van der Waals surface area (Å²) in [5, 5.41) is 4.11. The number of hydrogen-bond donors (Lipinski definition) is 0. The maximum atomic E-state index is 14.2. The first-order valence-corrected chi connectivity index (χ1v) is 9.69. The summed E-state index contributed by atoms with van der Waals surface area (Å²) in [6, 6.07) is 6.60. The van der Waals surface area contributed by atoms with Crippen molar-refractivity contribution < 1.29 is 13.7 Å². The molecule has 0 unspecified atom stereocenters. The molecule has 0 radical (unpaired) electrons. The van der Waals surface area contributed by atoms with Gasteiger partial charge in [0.1, 0.15) is 17.3 Å². The van der Waals surface area contributed by atoms with Crippen LogP contribution in [-0.2, 0) is 17.8 Å². The second-order valence-electron chi connectivity index (χ2n) is 8.10. The van der Waals surface area contributed by atoms with Gasteiger partial charge >= 0.3 is 0 Å². The fourth-order valence-corrected chi connectivity index (χ4v) is 4.99. The summed E-state index contributed by atoms with van der Waals surface area (Å²) in [5.74, 6) is 0.949. The normalized spacial score (nSPS) is 23.7. The largest absolute Gasteiger partial charge is 0.360 e. The lowest BCUT2D eigenvalue weighted by Crippen LogP contribution is -2.38. The van der Waals surface area contributed by atoms with E-state index in [0.29, 0.717) is 36.2 Å². The van der Waals surface area contributed by atoms with Gasteiger partial charge < -0.3 is 9.42 Å². The molecule has 136 valence electrons. The molecule has 5 heteroatoms. The maximum Gasteiger partial charge on any atom is 0.226 e. The van der Waals surface area contributed by atoms with Crippen LogP contribution in [0.3, 0.4) is 0 Å². The number of rotatable bonds is 2. The minimum absolute atomic E-state index is 0.195. The molecule has 2 fully saturated rings. The van der Waals surface area contributed by atoms with Crippen molar-refractivity contribution in [2.45, 2.75) is 51.5 Å². The van der Waals surface area contributed by atoms with Crippen LogP contribution in [0.15, 0.2) is 28.8 Å². The number of amides is 1. The minimum Gasteiger partial charge on any atom is -0.360 e. The van der Waals surface area contributed by atoms with Crippen LogP contribution in [-0.4, -0.2) is 22.5 Å². The lowest BCUT2D eigenvalue weighted by atomic mass is 9.84. The topological polar surface area (TPSA) is 46.3 Å². The highest BCUT2D eigenvalue weighted by Crippen LogP contribution is 2.62. The highest BCUT2D eigenvalue weighted by Gasteiger charge is 2.58. The van der Waals surface area contributed by atoms with Crippen molar-refractivity contribution in [3.8, 4) is 11.3 Å². The molecule has 1 atom stereocenters. The average Bonchev–Trinajstić information content (AvgIpc) is 3.19. The predicted octanol–water partition coefficient (Wildman–Crippen LogP) is 4.34. The number of aromatic nitrogens is 1. The van der Waals surface area contributed by atoms with E-state index >= 15 is 0 Å². The Morgan fingerprint density at radius 3 is 2.85 bits per heavy atom. The van der Waals surface area contributed by atoms with E-state index in [4.69, 9.17) is 4.52 Å². The van der Waals surface area contributed by atoms with E-state index in [1.54, 1.807) is 18.2 Å². The van der Waals surface area contributed by atoms with Gasteiger partial charge in [0.05, 0.1) is 6.54 Å². The zero-order valence-corrected chi connectivity index (χ0v) is 14.8. The van der Waals surface area contributed by atoms with Crippen molar-refractivity contribution in [1.82, 2.24) is 10.1 Å². The zero-order valence-electron chi connectivity index (χ0n) is 14.8. The SMILES string of the molecule is O=C([C@@H]1CC12CCCCC2)N1CCc2onc(-c3ccccc3F)c2C1. The monoisotopic (exact) mass is 354 g/mol. The number of carbonyl (C=O) groups excluding carboxylic acids is 1. The summed E-state index contributed by atoms with van der Waals surface area (Å²) in [5.41, 5.74) is 2.15.